The highest BCUT2D eigenvalue weighted by molar-refractivity contribution is 7.26. The molecular weight excluding hydrogens is 490 g/mol. The van der Waals surface area contributed by atoms with Gasteiger partial charge in [-0.25, -0.2) is 0 Å². The fourth-order valence-electron chi connectivity index (χ4n) is 6.04. The molecule has 0 radical (unpaired) electrons. The lowest BCUT2D eigenvalue weighted by molar-refractivity contribution is 1.26. The summed E-state index contributed by atoms with van der Waals surface area (Å²) < 4.78 is 2.69. The summed E-state index contributed by atoms with van der Waals surface area (Å²) in [5.41, 5.74) is 12.9. The summed E-state index contributed by atoms with van der Waals surface area (Å²) in [7, 11) is 0. The molecule has 0 amide bonds. The minimum atomic E-state index is 1.00. The van der Waals surface area contributed by atoms with E-state index in [0.29, 0.717) is 0 Å². The van der Waals surface area contributed by atoms with Gasteiger partial charge in [-0.1, -0.05) is 103 Å². The number of thiophene rings is 1. The van der Waals surface area contributed by atoms with E-state index in [9.17, 15) is 0 Å². The Morgan fingerprint density at radius 1 is 0.462 bits per heavy atom. The van der Waals surface area contributed by atoms with E-state index in [-0.39, 0.29) is 0 Å². The van der Waals surface area contributed by atoms with Crippen LogP contribution in [0.4, 0.5) is 11.4 Å². The van der Waals surface area contributed by atoms with Gasteiger partial charge in [0.1, 0.15) is 0 Å². The lowest BCUT2D eigenvalue weighted by atomic mass is 9.95. The van der Waals surface area contributed by atoms with Crippen molar-refractivity contribution < 1.29 is 0 Å². The largest absolute Gasteiger partial charge is 0.356 e. The molecule has 0 unspecified atom stereocenters. The van der Waals surface area contributed by atoms with Crippen molar-refractivity contribution in [2.75, 3.05) is 5.32 Å². The van der Waals surface area contributed by atoms with E-state index in [1.165, 1.54) is 64.7 Å². The smallest absolute Gasteiger partial charge is 0.0433 e. The molecule has 0 saturated carbocycles. The summed E-state index contributed by atoms with van der Waals surface area (Å²) in [5.74, 6) is 0. The third-order valence-corrected chi connectivity index (χ3v) is 9.16. The molecular formula is C37H25NS. The number of benzene rings is 6. The van der Waals surface area contributed by atoms with Crippen LogP contribution in [-0.2, 0) is 6.42 Å². The van der Waals surface area contributed by atoms with Crippen LogP contribution >= 0.6 is 11.3 Å². The van der Waals surface area contributed by atoms with Gasteiger partial charge >= 0.3 is 0 Å². The van der Waals surface area contributed by atoms with Crippen LogP contribution in [0.25, 0.3) is 53.6 Å². The fourth-order valence-corrected chi connectivity index (χ4v) is 7.27. The molecule has 2 heteroatoms. The van der Waals surface area contributed by atoms with Crippen molar-refractivity contribution in [2.24, 2.45) is 0 Å². The standard InChI is InChI=1S/C37H25NS/c1-2-8-30-26(7-1)23-35-29(10-5-12-32(30)35)24-15-19-27(20-16-24)38-28-21-17-25(18-22-28)31-11-6-13-34-33-9-3-4-14-36(33)39-37(31)34/h1-22,38H,23H2. The van der Waals surface area contributed by atoms with E-state index in [1.807, 2.05) is 11.3 Å². The summed E-state index contributed by atoms with van der Waals surface area (Å²) in [6.07, 6.45) is 1.00. The van der Waals surface area contributed by atoms with Crippen LogP contribution in [0.1, 0.15) is 11.1 Å². The Morgan fingerprint density at radius 3 is 1.87 bits per heavy atom. The second kappa shape index (κ2) is 8.97. The average molecular weight is 516 g/mol. The zero-order valence-electron chi connectivity index (χ0n) is 21.3. The lowest BCUT2D eigenvalue weighted by Gasteiger charge is -2.12. The zero-order valence-corrected chi connectivity index (χ0v) is 22.1. The van der Waals surface area contributed by atoms with Crippen molar-refractivity contribution in [3.8, 4) is 33.4 Å². The van der Waals surface area contributed by atoms with Crippen molar-refractivity contribution in [2.45, 2.75) is 6.42 Å². The predicted octanol–water partition coefficient (Wildman–Crippen LogP) is 10.7. The van der Waals surface area contributed by atoms with Gasteiger partial charge in [-0.15, -0.1) is 11.3 Å². The molecule has 1 aromatic heterocycles. The quantitative estimate of drug-likeness (QED) is 0.246. The van der Waals surface area contributed by atoms with Crippen LogP contribution in [0.5, 0.6) is 0 Å². The molecule has 0 aliphatic heterocycles. The average Bonchev–Trinajstić information content (AvgIpc) is 3.57. The van der Waals surface area contributed by atoms with E-state index in [4.69, 9.17) is 0 Å². The summed E-state index contributed by atoms with van der Waals surface area (Å²) in [6.45, 7) is 0. The van der Waals surface area contributed by atoms with Crippen LogP contribution in [0, 0.1) is 0 Å². The van der Waals surface area contributed by atoms with Gasteiger partial charge < -0.3 is 5.32 Å². The number of hydrogen-bond donors (Lipinski definition) is 1. The van der Waals surface area contributed by atoms with Gasteiger partial charge in [0, 0.05) is 31.5 Å². The molecule has 6 aromatic carbocycles. The molecule has 1 aliphatic rings. The van der Waals surface area contributed by atoms with Crippen LogP contribution in [0.3, 0.4) is 0 Å². The maximum absolute atomic E-state index is 3.59. The van der Waals surface area contributed by atoms with Gasteiger partial charge in [-0.2, -0.15) is 0 Å². The monoisotopic (exact) mass is 515 g/mol. The van der Waals surface area contributed by atoms with Crippen molar-refractivity contribution in [1.29, 1.82) is 0 Å². The van der Waals surface area contributed by atoms with Crippen molar-refractivity contribution in [1.82, 2.24) is 0 Å². The molecule has 0 bridgehead atoms. The van der Waals surface area contributed by atoms with Crippen molar-refractivity contribution in [3.63, 3.8) is 0 Å². The van der Waals surface area contributed by atoms with E-state index < -0.39 is 0 Å². The second-order valence-electron chi connectivity index (χ2n) is 10.2. The highest BCUT2D eigenvalue weighted by atomic mass is 32.1. The Bertz CT molecular complexity index is 2000. The van der Waals surface area contributed by atoms with Crippen LogP contribution in [-0.4, -0.2) is 0 Å². The van der Waals surface area contributed by atoms with Crippen LogP contribution < -0.4 is 5.32 Å². The highest BCUT2D eigenvalue weighted by Crippen LogP contribution is 2.42. The molecule has 39 heavy (non-hydrogen) atoms. The minimum absolute atomic E-state index is 1.00. The van der Waals surface area contributed by atoms with Crippen LogP contribution in [0.15, 0.2) is 133 Å². The molecule has 1 aliphatic carbocycles. The maximum atomic E-state index is 3.59. The number of fused-ring (bicyclic) bond motifs is 6. The second-order valence-corrected chi connectivity index (χ2v) is 11.3. The van der Waals surface area contributed by atoms with Gasteiger partial charge in [0.25, 0.3) is 0 Å². The first-order valence-electron chi connectivity index (χ1n) is 13.4. The SMILES string of the molecule is c1ccc2c(c1)Cc1c(-c3ccc(Nc4ccc(-c5cccc6c5sc5ccccc56)cc4)cc3)cccc1-2. The summed E-state index contributed by atoms with van der Waals surface area (Å²) in [4.78, 5) is 0. The highest BCUT2D eigenvalue weighted by Gasteiger charge is 2.20. The maximum Gasteiger partial charge on any atom is 0.0433 e. The summed E-state index contributed by atoms with van der Waals surface area (Å²) >= 11 is 1.88. The van der Waals surface area contributed by atoms with Crippen molar-refractivity contribution in [3.05, 3.63) is 145 Å². The fraction of sp³-hybridized carbons (Fsp3) is 0.0270. The van der Waals surface area contributed by atoms with E-state index >= 15 is 0 Å². The normalized spacial score (nSPS) is 12.0. The molecule has 1 nitrogen and oxygen atoms in total. The summed E-state index contributed by atoms with van der Waals surface area (Å²) in [6, 6.07) is 48.4. The Morgan fingerprint density at radius 2 is 1.05 bits per heavy atom. The topological polar surface area (TPSA) is 12.0 Å². The molecule has 8 rings (SSSR count). The Labute approximate surface area is 232 Å². The third-order valence-electron chi connectivity index (χ3n) is 7.94. The number of hydrogen-bond acceptors (Lipinski definition) is 2. The van der Waals surface area contributed by atoms with Gasteiger partial charge in [0.2, 0.25) is 0 Å². The molecule has 0 spiro atoms. The van der Waals surface area contributed by atoms with Gasteiger partial charge in [0.05, 0.1) is 0 Å². The Hall–Kier alpha value is -4.66. The summed E-state index contributed by atoms with van der Waals surface area (Å²) in [5, 5.41) is 6.26. The molecule has 0 fully saturated rings. The van der Waals surface area contributed by atoms with Gasteiger partial charge in [0.15, 0.2) is 0 Å². The molecule has 7 aromatic rings. The Kier molecular flexibility index (Phi) is 5.14. The van der Waals surface area contributed by atoms with Crippen LogP contribution in [0.2, 0.25) is 0 Å². The van der Waals surface area contributed by atoms with Crippen molar-refractivity contribution >= 4 is 42.9 Å². The number of rotatable bonds is 4. The first kappa shape index (κ1) is 22.3. The molecule has 1 heterocycles. The van der Waals surface area contributed by atoms with E-state index in [1.54, 1.807) is 0 Å². The number of anilines is 2. The zero-order chi connectivity index (χ0) is 25.8. The minimum Gasteiger partial charge on any atom is -0.356 e. The molecule has 1 N–H and O–H groups in total. The van der Waals surface area contributed by atoms with E-state index in [0.717, 1.165) is 17.8 Å². The van der Waals surface area contributed by atoms with Gasteiger partial charge in [-0.3, -0.25) is 0 Å². The van der Waals surface area contributed by atoms with Gasteiger partial charge in [-0.05, 0) is 81.3 Å². The lowest BCUT2D eigenvalue weighted by Crippen LogP contribution is -1.91. The van der Waals surface area contributed by atoms with E-state index in [2.05, 4.69) is 139 Å². The molecule has 0 saturated heterocycles. The third kappa shape index (κ3) is 3.76. The number of nitrogens with one attached hydrogen (secondary N) is 1. The molecule has 184 valence electrons. The molecule has 0 atom stereocenters. The first-order valence-corrected chi connectivity index (χ1v) is 14.2. The predicted molar refractivity (Wildman–Crippen MR) is 168 cm³/mol. The first-order chi connectivity index (χ1) is 19.3. The Balaban J connectivity index is 1.05.